The van der Waals surface area contributed by atoms with Crippen LogP contribution in [-0.4, -0.2) is 146 Å². The van der Waals surface area contributed by atoms with E-state index in [-0.39, 0.29) is 12.2 Å². The highest BCUT2D eigenvalue weighted by atomic mass is 16.6. The van der Waals surface area contributed by atoms with E-state index in [0.717, 1.165) is 113 Å². The van der Waals surface area contributed by atoms with Crippen molar-refractivity contribution in [2.45, 2.75) is 71.2 Å². The van der Waals surface area contributed by atoms with Crippen LogP contribution in [0.1, 0.15) is 54.4 Å². The molecular formula is C54H77N3O8. The summed E-state index contributed by atoms with van der Waals surface area (Å²) < 4.78 is 49.2. The minimum Gasteiger partial charge on any atom is -0.491 e. The van der Waals surface area contributed by atoms with Gasteiger partial charge in [-0.2, -0.15) is 0 Å². The van der Waals surface area contributed by atoms with Crippen LogP contribution in [0.5, 0.6) is 23.0 Å². The van der Waals surface area contributed by atoms with Crippen molar-refractivity contribution in [3.8, 4) is 23.0 Å². The van der Waals surface area contributed by atoms with Gasteiger partial charge < -0.3 is 52.6 Å². The average Bonchev–Trinajstić information content (AvgIpc) is 3.33. The normalized spacial score (nSPS) is 16.3. The van der Waals surface area contributed by atoms with E-state index in [1.54, 1.807) is 7.11 Å². The van der Waals surface area contributed by atoms with Crippen molar-refractivity contribution in [3.63, 3.8) is 0 Å². The number of likely N-dealkylation sites (tertiary alicyclic amines) is 1. The Labute approximate surface area is 390 Å². The second kappa shape index (κ2) is 28.8. The van der Waals surface area contributed by atoms with Gasteiger partial charge in [0.15, 0.2) is 0 Å². The summed E-state index contributed by atoms with van der Waals surface area (Å²) in [6, 6.07) is 33.0. The molecule has 2 saturated heterocycles. The predicted octanol–water partition coefficient (Wildman–Crippen LogP) is 8.52. The molecule has 2 aliphatic rings. The summed E-state index contributed by atoms with van der Waals surface area (Å²) in [4.78, 5) is 7.46. The number of piperazine rings is 1. The number of aryl methyl sites for hydroxylation is 3. The first-order valence-corrected chi connectivity index (χ1v) is 24.1. The first-order chi connectivity index (χ1) is 31.9. The molecule has 6 rings (SSSR count). The summed E-state index contributed by atoms with van der Waals surface area (Å²) in [5.74, 6) is 4.14. The lowest BCUT2D eigenvalue weighted by Crippen LogP contribution is -2.46. The van der Waals surface area contributed by atoms with Crippen LogP contribution in [0.4, 0.5) is 0 Å². The summed E-state index contributed by atoms with van der Waals surface area (Å²) >= 11 is 0. The van der Waals surface area contributed by atoms with Gasteiger partial charge in [0, 0.05) is 65.2 Å². The lowest BCUT2D eigenvalue weighted by atomic mass is 9.90. The van der Waals surface area contributed by atoms with Crippen LogP contribution in [0.2, 0.25) is 0 Å². The van der Waals surface area contributed by atoms with Crippen LogP contribution in [0.3, 0.4) is 0 Å². The van der Waals surface area contributed by atoms with Crippen molar-refractivity contribution in [2.24, 2.45) is 5.92 Å². The molecule has 11 nitrogen and oxygen atoms in total. The molecule has 11 heteroatoms. The molecule has 0 amide bonds. The maximum absolute atomic E-state index is 6.68. The number of piperidine rings is 1. The van der Waals surface area contributed by atoms with Gasteiger partial charge in [0.25, 0.3) is 0 Å². The summed E-state index contributed by atoms with van der Waals surface area (Å²) in [6.45, 7) is 17.4. The van der Waals surface area contributed by atoms with Crippen molar-refractivity contribution in [1.82, 2.24) is 14.7 Å². The standard InChI is InChI=1S/C54H77N3O8/c1-44-10-18-49(19-11-44)60-39-38-59-37-34-56-27-24-47(25-28-56)15-14-46-16-22-50(23-17-46)61-40-41-63-53(26-29-57-32-30-55(3)31-33-57)54(62-36-7-35-58-4)43-65-52-9-6-5-8-48(52)42-64-51-20-12-45(2)13-21-51/h5-6,8-13,16-23,47,53-54H,7,14-15,24-43H2,1-4H3. The Morgan fingerprint density at radius 3 is 1.88 bits per heavy atom. The van der Waals surface area contributed by atoms with Crippen molar-refractivity contribution in [1.29, 1.82) is 0 Å². The highest BCUT2D eigenvalue weighted by Crippen LogP contribution is 2.25. The van der Waals surface area contributed by atoms with E-state index >= 15 is 0 Å². The van der Waals surface area contributed by atoms with E-state index in [1.807, 2.05) is 42.5 Å². The molecule has 2 fully saturated rings. The van der Waals surface area contributed by atoms with Crippen molar-refractivity contribution < 1.29 is 37.9 Å². The zero-order valence-electron chi connectivity index (χ0n) is 39.8. The first kappa shape index (κ1) is 50.2. The average molecular weight is 896 g/mol. The molecule has 356 valence electrons. The van der Waals surface area contributed by atoms with Crippen molar-refractivity contribution in [2.75, 3.05) is 119 Å². The molecular weight excluding hydrogens is 819 g/mol. The number of nitrogens with zero attached hydrogens (tertiary/aromatic N) is 3. The predicted molar refractivity (Wildman–Crippen MR) is 259 cm³/mol. The van der Waals surface area contributed by atoms with Crippen LogP contribution < -0.4 is 18.9 Å². The largest absolute Gasteiger partial charge is 0.491 e. The maximum Gasteiger partial charge on any atom is 0.126 e. The Balaban J connectivity index is 0.930. The van der Waals surface area contributed by atoms with Crippen LogP contribution in [-0.2, 0) is 32.0 Å². The van der Waals surface area contributed by atoms with E-state index in [9.17, 15) is 0 Å². The third-order valence-electron chi connectivity index (χ3n) is 12.6. The molecule has 0 bridgehead atoms. The van der Waals surface area contributed by atoms with Crippen molar-refractivity contribution >= 4 is 0 Å². The third-order valence-corrected chi connectivity index (χ3v) is 12.6. The Bertz CT molecular complexity index is 1850. The second-order valence-corrected chi connectivity index (χ2v) is 17.7. The highest BCUT2D eigenvalue weighted by Gasteiger charge is 2.27. The number of para-hydroxylation sites is 1. The summed E-state index contributed by atoms with van der Waals surface area (Å²) in [5.41, 5.74) is 4.78. The molecule has 0 aliphatic carbocycles. The van der Waals surface area contributed by atoms with Gasteiger partial charge in [-0.15, -0.1) is 0 Å². The molecule has 0 spiro atoms. The number of likely N-dealkylation sites (N-methyl/N-ethyl adjacent to an activating group) is 1. The van der Waals surface area contributed by atoms with Gasteiger partial charge in [-0.05, 0) is 126 Å². The van der Waals surface area contributed by atoms with E-state index < -0.39 is 0 Å². The molecule has 2 heterocycles. The van der Waals surface area contributed by atoms with Gasteiger partial charge in [-0.1, -0.05) is 65.7 Å². The Kier molecular flexibility index (Phi) is 22.2. The zero-order valence-corrected chi connectivity index (χ0v) is 39.8. The molecule has 4 aromatic rings. The molecule has 2 atom stereocenters. The zero-order chi connectivity index (χ0) is 45.3. The molecule has 0 radical (unpaired) electrons. The Hall–Kier alpha value is -4.20. The lowest BCUT2D eigenvalue weighted by Gasteiger charge is -2.34. The van der Waals surface area contributed by atoms with Crippen LogP contribution in [0.15, 0.2) is 97.1 Å². The quantitative estimate of drug-likeness (QED) is 0.0473. The Morgan fingerprint density at radius 2 is 1.18 bits per heavy atom. The van der Waals surface area contributed by atoms with Crippen molar-refractivity contribution in [3.05, 3.63) is 119 Å². The number of ether oxygens (including phenoxy) is 8. The topological polar surface area (TPSA) is 83.6 Å². The smallest absolute Gasteiger partial charge is 0.126 e. The fourth-order valence-corrected chi connectivity index (χ4v) is 8.32. The first-order valence-electron chi connectivity index (χ1n) is 24.1. The highest BCUT2D eigenvalue weighted by molar-refractivity contribution is 5.34. The van der Waals surface area contributed by atoms with E-state index in [1.165, 1.54) is 36.0 Å². The molecule has 65 heavy (non-hydrogen) atoms. The van der Waals surface area contributed by atoms with Crippen LogP contribution in [0, 0.1) is 19.8 Å². The van der Waals surface area contributed by atoms with Gasteiger partial charge in [0.2, 0.25) is 0 Å². The SMILES string of the molecule is COCCCOC(COc1ccccc1COc1ccc(C)cc1)C(CCN1CCN(C)CC1)OCCOc1ccc(CCC2CCN(CCOCCOc3ccc(C)cc3)CC2)cc1. The van der Waals surface area contributed by atoms with E-state index in [0.29, 0.717) is 52.9 Å². The fourth-order valence-electron chi connectivity index (χ4n) is 8.32. The van der Waals surface area contributed by atoms with E-state index in [2.05, 4.69) is 90.2 Å². The molecule has 2 aliphatic heterocycles. The number of hydrogen-bond donors (Lipinski definition) is 0. The number of rotatable bonds is 30. The molecule has 0 saturated carbocycles. The minimum absolute atomic E-state index is 0.186. The number of hydrogen-bond acceptors (Lipinski definition) is 11. The summed E-state index contributed by atoms with van der Waals surface area (Å²) in [5, 5.41) is 0. The van der Waals surface area contributed by atoms with Crippen LogP contribution in [0.25, 0.3) is 0 Å². The van der Waals surface area contributed by atoms with Gasteiger partial charge in [0.05, 0.1) is 25.9 Å². The van der Waals surface area contributed by atoms with E-state index in [4.69, 9.17) is 37.9 Å². The fraction of sp³-hybridized carbons (Fsp3) is 0.556. The molecule has 4 aromatic carbocycles. The summed E-state index contributed by atoms with van der Waals surface area (Å²) in [6.07, 6.45) is 5.95. The lowest BCUT2D eigenvalue weighted by molar-refractivity contribution is -0.0998. The molecule has 2 unspecified atom stereocenters. The number of methoxy groups -OCH3 is 1. The number of benzene rings is 4. The van der Waals surface area contributed by atoms with Gasteiger partial charge in [0.1, 0.15) is 55.5 Å². The van der Waals surface area contributed by atoms with Gasteiger partial charge in [-0.3, -0.25) is 0 Å². The molecule has 0 aromatic heterocycles. The maximum atomic E-state index is 6.68. The Morgan fingerprint density at radius 1 is 0.569 bits per heavy atom. The summed E-state index contributed by atoms with van der Waals surface area (Å²) in [7, 11) is 3.92. The second-order valence-electron chi connectivity index (χ2n) is 17.7. The molecule has 0 N–H and O–H groups in total. The van der Waals surface area contributed by atoms with Gasteiger partial charge in [-0.25, -0.2) is 0 Å². The minimum atomic E-state index is -0.286. The third kappa shape index (κ3) is 18.9. The monoisotopic (exact) mass is 896 g/mol. The van der Waals surface area contributed by atoms with Crippen LogP contribution >= 0.6 is 0 Å². The van der Waals surface area contributed by atoms with Gasteiger partial charge >= 0.3 is 0 Å².